The Balaban J connectivity index is 0.938. The molecule has 0 amide bonds. The van der Waals surface area contributed by atoms with E-state index in [2.05, 4.69) is 194 Å². The summed E-state index contributed by atoms with van der Waals surface area (Å²) in [7, 11) is 0. The van der Waals surface area contributed by atoms with E-state index >= 15 is 0 Å². The molecule has 0 radical (unpaired) electrons. The quantitative estimate of drug-likeness (QED) is 0.167. The summed E-state index contributed by atoms with van der Waals surface area (Å²) >= 11 is 0. The van der Waals surface area contributed by atoms with Crippen molar-refractivity contribution in [2.24, 2.45) is 0 Å². The summed E-state index contributed by atoms with van der Waals surface area (Å²) in [5.74, 6) is 0. The summed E-state index contributed by atoms with van der Waals surface area (Å²) in [6.07, 6.45) is 6.72. The predicted octanol–water partition coefficient (Wildman–Crippen LogP) is 16.6. The Morgan fingerprint density at radius 2 is 0.833 bits per heavy atom. The van der Waals surface area contributed by atoms with Crippen LogP contribution in [0.1, 0.15) is 17.5 Å². The average molecular weight is 765 g/mol. The van der Waals surface area contributed by atoms with Gasteiger partial charge in [-0.25, -0.2) is 0 Å². The van der Waals surface area contributed by atoms with Crippen LogP contribution < -0.4 is 0 Å². The molecule has 0 spiro atoms. The fourth-order valence-corrected chi connectivity index (χ4v) is 10.1. The van der Waals surface area contributed by atoms with Crippen LogP contribution in [-0.4, -0.2) is 0 Å². The molecular weight excluding hydrogens is 729 g/mol. The highest BCUT2D eigenvalue weighted by molar-refractivity contribution is 6.22. The maximum Gasteiger partial charge on any atom is 0.136 e. The van der Waals surface area contributed by atoms with Gasteiger partial charge < -0.3 is 8.83 Å². The monoisotopic (exact) mass is 764 g/mol. The van der Waals surface area contributed by atoms with E-state index in [0.717, 1.165) is 62.8 Å². The third-order valence-electron chi connectivity index (χ3n) is 12.9. The molecule has 2 heterocycles. The zero-order valence-electron chi connectivity index (χ0n) is 32.7. The van der Waals surface area contributed by atoms with Crippen molar-refractivity contribution < 1.29 is 8.83 Å². The first kappa shape index (κ1) is 33.3. The Labute approximate surface area is 346 Å². The van der Waals surface area contributed by atoms with Crippen LogP contribution in [0.4, 0.5) is 0 Å². The molecule has 0 saturated carbocycles. The summed E-state index contributed by atoms with van der Waals surface area (Å²) in [6.45, 7) is 0. The smallest absolute Gasteiger partial charge is 0.136 e. The molecule has 2 nitrogen and oxygen atoms in total. The topological polar surface area (TPSA) is 26.3 Å². The van der Waals surface area contributed by atoms with Gasteiger partial charge in [0, 0.05) is 21.5 Å². The lowest BCUT2D eigenvalue weighted by atomic mass is 9.85. The van der Waals surface area contributed by atoms with E-state index in [1.807, 2.05) is 0 Å². The second-order valence-corrected chi connectivity index (χ2v) is 16.2. The summed E-state index contributed by atoms with van der Waals surface area (Å²) in [5, 5.41) is 12.1. The number of aryl methyl sites for hydroxylation is 1. The first-order valence-electron chi connectivity index (χ1n) is 20.9. The Bertz CT molecular complexity index is 3720. The fraction of sp³-hybridized carbons (Fsp3) is 0.0345. The largest absolute Gasteiger partial charge is 0.456 e. The van der Waals surface area contributed by atoms with E-state index in [-0.39, 0.29) is 0 Å². The normalized spacial score (nSPS) is 12.8. The number of hydrogen-bond acceptors (Lipinski definition) is 2. The van der Waals surface area contributed by atoms with E-state index < -0.39 is 0 Å². The van der Waals surface area contributed by atoms with Crippen LogP contribution >= 0.6 is 0 Å². The van der Waals surface area contributed by atoms with Crippen molar-refractivity contribution in [1.29, 1.82) is 0 Å². The molecule has 60 heavy (non-hydrogen) atoms. The minimum Gasteiger partial charge on any atom is -0.456 e. The molecule has 0 saturated heterocycles. The van der Waals surface area contributed by atoms with Crippen molar-refractivity contribution in [2.45, 2.75) is 12.8 Å². The molecular formula is C58H36O2. The number of rotatable bonds is 4. The van der Waals surface area contributed by atoms with E-state index in [4.69, 9.17) is 8.83 Å². The molecule has 0 fully saturated rings. The maximum atomic E-state index is 6.51. The highest BCUT2D eigenvalue weighted by atomic mass is 16.3. The Kier molecular flexibility index (Phi) is 7.17. The molecule has 280 valence electrons. The molecule has 2 heteroatoms. The molecule has 0 aliphatic heterocycles. The van der Waals surface area contributed by atoms with Crippen LogP contribution in [0.3, 0.4) is 0 Å². The zero-order chi connectivity index (χ0) is 39.3. The van der Waals surface area contributed by atoms with Gasteiger partial charge in [-0.15, -0.1) is 0 Å². The summed E-state index contributed by atoms with van der Waals surface area (Å²) in [5.41, 5.74) is 15.9. The van der Waals surface area contributed by atoms with Gasteiger partial charge in [-0.3, -0.25) is 0 Å². The standard InChI is InChI=1S/C58H36O2/c1-3-17-43-35(11-1)25-29-51-57(43)49-27-23-39(33-53(49)59-51)37-13-9-15-41(31-37)55-45-19-5-7-21-47(45)56(48-22-8-6-20-46(48)55)42-16-10-14-38(32-42)40-24-28-50-54(34-40)60-52-30-26-36-12-2-4-18-44(36)58(50)52/h1,3-11,13-34H,2,12H2. The van der Waals surface area contributed by atoms with Crippen molar-refractivity contribution >= 4 is 82.3 Å². The Morgan fingerprint density at radius 3 is 1.45 bits per heavy atom. The van der Waals surface area contributed by atoms with Gasteiger partial charge in [0.2, 0.25) is 0 Å². The highest BCUT2D eigenvalue weighted by Gasteiger charge is 2.20. The van der Waals surface area contributed by atoms with Gasteiger partial charge in [0.05, 0.1) is 0 Å². The van der Waals surface area contributed by atoms with Crippen LogP contribution in [0, 0.1) is 0 Å². The van der Waals surface area contributed by atoms with Crippen molar-refractivity contribution in [3.63, 3.8) is 0 Å². The van der Waals surface area contributed by atoms with Crippen molar-refractivity contribution in [3.05, 3.63) is 199 Å². The summed E-state index contributed by atoms with van der Waals surface area (Å²) in [4.78, 5) is 0. The average Bonchev–Trinajstić information content (AvgIpc) is 3.89. The second kappa shape index (κ2) is 12.9. The fourth-order valence-electron chi connectivity index (χ4n) is 10.1. The molecule has 1 aliphatic carbocycles. The van der Waals surface area contributed by atoms with Gasteiger partial charge in [0.25, 0.3) is 0 Å². The number of furan rings is 2. The van der Waals surface area contributed by atoms with E-state index in [1.165, 1.54) is 81.9 Å². The number of allylic oxidation sites excluding steroid dienone is 1. The van der Waals surface area contributed by atoms with Gasteiger partial charge in [0.1, 0.15) is 22.3 Å². The van der Waals surface area contributed by atoms with Crippen LogP contribution in [0.25, 0.3) is 127 Å². The SMILES string of the molecule is C1=Cc2c(ccc3oc4cc(-c5cccc(-c6c7ccccc7c(-c7cccc(-c8ccc9c(c8)oc8ccc%10ccccc%10c89)c7)c7ccccc67)c5)ccc4c23)CC1. The minimum absolute atomic E-state index is 0.903. The molecule has 10 aromatic carbocycles. The van der Waals surface area contributed by atoms with E-state index in [1.54, 1.807) is 0 Å². The summed E-state index contributed by atoms with van der Waals surface area (Å²) < 4.78 is 13.0. The van der Waals surface area contributed by atoms with Crippen molar-refractivity contribution in [2.75, 3.05) is 0 Å². The Morgan fingerprint density at radius 1 is 0.333 bits per heavy atom. The molecule has 12 aromatic rings. The molecule has 0 bridgehead atoms. The number of fused-ring (bicyclic) bond motifs is 12. The van der Waals surface area contributed by atoms with Crippen molar-refractivity contribution in [1.82, 2.24) is 0 Å². The molecule has 2 aromatic heterocycles. The van der Waals surface area contributed by atoms with Gasteiger partial charge in [-0.1, -0.05) is 146 Å². The first-order valence-corrected chi connectivity index (χ1v) is 20.9. The number of benzene rings is 10. The summed E-state index contributed by atoms with van der Waals surface area (Å²) in [6, 6.07) is 66.3. The van der Waals surface area contributed by atoms with Gasteiger partial charge in [-0.2, -0.15) is 0 Å². The van der Waals surface area contributed by atoms with Crippen LogP contribution in [0.15, 0.2) is 197 Å². The van der Waals surface area contributed by atoms with Crippen LogP contribution in [0.2, 0.25) is 0 Å². The van der Waals surface area contributed by atoms with E-state index in [0.29, 0.717) is 0 Å². The lowest BCUT2D eigenvalue weighted by molar-refractivity contribution is 0.668. The van der Waals surface area contributed by atoms with Gasteiger partial charge in [-0.05, 0) is 149 Å². The van der Waals surface area contributed by atoms with Gasteiger partial charge >= 0.3 is 0 Å². The molecule has 0 unspecified atom stereocenters. The lowest BCUT2D eigenvalue weighted by Gasteiger charge is -2.18. The third kappa shape index (κ3) is 5.01. The Hall–Kier alpha value is -7.68. The number of hydrogen-bond donors (Lipinski definition) is 0. The molecule has 0 atom stereocenters. The molecule has 1 aliphatic rings. The van der Waals surface area contributed by atoms with Crippen molar-refractivity contribution in [3.8, 4) is 44.5 Å². The molecule has 13 rings (SSSR count). The maximum absolute atomic E-state index is 6.51. The van der Waals surface area contributed by atoms with E-state index in [9.17, 15) is 0 Å². The minimum atomic E-state index is 0.903. The highest BCUT2D eigenvalue weighted by Crippen LogP contribution is 2.46. The predicted molar refractivity (Wildman–Crippen MR) is 253 cm³/mol. The third-order valence-corrected chi connectivity index (χ3v) is 12.9. The molecule has 0 N–H and O–H groups in total. The van der Waals surface area contributed by atoms with Crippen LogP contribution in [-0.2, 0) is 6.42 Å². The first-order chi connectivity index (χ1) is 29.7. The van der Waals surface area contributed by atoms with Crippen LogP contribution in [0.5, 0.6) is 0 Å². The second-order valence-electron chi connectivity index (χ2n) is 16.2. The lowest BCUT2D eigenvalue weighted by Crippen LogP contribution is -1.93. The zero-order valence-corrected chi connectivity index (χ0v) is 32.7. The van der Waals surface area contributed by atoms with Gasteiger partial charge in [0.15, 0.2) is 0 Å².